The van der Waals surface area contributed by atoms with Gasteiger partial charge in [-0.25, -0.2) is 0 Å². The highest BCUT2D eigenvalue weighted by Crippen LogP contribution is 2.06. The van der Waals surface area contributed by atoms with Gasteiger partial charge >= 0.3 is 5.97 Å². The Balaban J connectivity index is 3.19. The van der Waals surface area contributed by atoms with Gasteiger partial charge in [-0.3, -0.25) is 4.79 Å². The summed E-state index contributed by atoms with van der Waals surface area (Å²) in [7, 11) is 0. The van der Waals surface area contributed by atoms with Crippen LogP contribution in [0.15, 0.2) is 24.3 Å². The summed E-state index contributed by atoms with van der Waals surface area (Å²) < 4.78 is 0. The Kier molecular flexibility index (Phi) is 15.2. The van der Waals surface area contributed by atoms with Crippen molar-refractivity contribution in [3.63, 3.8) is 0 Å². The van der Waals surface area contributed by atoms with Gasteiger partial charge in [-0.15, -0.1) is 0 Å². The summed E-state index contributed by atoms with van der Waals surface area (Å²) in [6, 6.07) is 0. The Morgan fingerprint density at radius 3 is 1.75 bits per heavy atom. The van der Waals surface area contributed by atoms with E-state index in [0.29, 0.717) is 6.42 Å². The summed E-state index contributed by atoms with van der Waals surface area (Å²) in [4.78, 5) is 10.3. The Hall–Kier alpha value is -1.05. The molecule has 0 bridgehead atoms. The van der Waals surface area contributed by atoms with E-state index < -0.39 is 5.97 Å². The molecule has 0 aromatic carbocycles. The van der Waals surface area contributed by atoms with Gasteiger partial charge in [-0.2, -0.15) is 0 Å². The molecule has 0 heterocycles. The number of allylic oxidation sites excluding steroid dienone is 4. The topological polar surface area (TPSA) is 37.3 Å². The first kappa shape index (κ1) is 18.9. The Bertz CT molecular complexity index is 267. The summed E-state index contributed by atoms with van der Waals surface area (Å²) in [6.45, 7) is 2.24. The lowest BCUT2D eigenvalue weighted by Gasteiger charge is -1.95. The highest BCUT2D eigenvalue weighted by molar-refractivity contribution is 5.66. The molecule has 0 atom stereocenters. The van der Waals surface area contributed by atoms with Gasteiger partial charge in [0.15, 0.2) is 0 Å². The summed E-state index contributed by atoms with van der Waals surface area (Å²) >= 11 is 0. The van der Waals surface area contributed by atoms with Gasteiger partial charge in [-0.05, 0) is 44.9 Å². The molecule has 116 valence electrons. The fourth-order valence-corrected chi connectivity index (χ4v) is 2.07. The maximum atomic E-state index is 10.3. The second-order valence-corrected chi connectivity index (χ2v) is 5.36. The number of carboxylic acids is 1. The predicted molar refractivity (Wildman–Crippen MR) is 87.0 cm³/mol. The van der Waals surface area contributed by atoms with Crippen molar-refractivity contribution in [3.8, 4) is 0 Å². The molecule has 0 rings (SSSR count). The monoisotopic (exact) mass is 280 g/mol. The molecule has 0 aliphatic rings. The van der Waals surface area contributed by atoms with Crippen LogP contribution in [-0.4, -0.2) is 11.1 Å². The molecule has 0 aromatic heterocycles. The summed E-state index contributed by atoms with van der Waals surface area (Å²) in [6.07, 6.45) is 22.3. The fraction of sp³-hybridized carbons (Fsp3) is 0.722. The SMILES string of the molecule is CCCCCC/C=C/CC/C=C/CCCCCC(=O)O. The van der Waals surface area contributed by atoms with Gasteiger partial charge in [0.25, 0.3) is 0 Å². The van der Waals surface area contributed by atoms with Crippen LogP contribution >= 0.6 is 0 Å². The smallest absolute Gasteiger partial charge is 0.303 e. The molecule has 0 aromatic rings. The molecule has 0 radical (unpaired) electrons. The molecular formula is C18H32O2. The third kappa shape index (κ3) is 16.9. The number of hydrogen-bond acceptors (Lipinski definition) is 1. The zero-order chi connectivity index (χ0) is 14.9. The van der Waals surface area contributed by atoms with E-state index in [4.69, 9.17) is 5.11 Å². The van der Waals surface area contributed by atoms with Crippen LogP contribution in [0.4, 0.5) is 0 Å². The number of hydrogen-bond donors (Lipinski definition) is 1. The largest absolute Gasteiger partial charge is 0.481 e. The first-order valence-corrected chi connectivity index (χ1v) is 8.29. The average molecular weight is 280 g/mol. The highest BCUT2D eigenvalue weighted by Gasteiger charge is 1.94. The van der Waals surface area contributed by atoms with Crippen LogP contribution in [-0.2, 0) is 4.79 Å². The Morgan fingerprint density at radius 2 is 1.25 bits per heavy atom. The molecule has 0 spiro atoms. The minimum atomic E-state index is -0.679. The lowest BCUT2D eigenvalue weighted by molar-refractivity contribution is -0.137. The third-order valence-electron chi connectivity index (χ3n) is 3.32. The van der Waals surface area contributed by atoms with Crippen LogP contribution in [0.1, 0.15) is 84.0 Å². The van der Waals surface area contributed by atoms with Crippen molar-refractivity contribution in [1.29, 1.82) is 0 Å². The van der Waals surface area contributed by atoms with E-state index in [-0.39, 0.29) is 0 Å². The van der Waals surface area contributed by atoms with E-state index in [0.717, 1.165) is 38.5 Å². The van der Waals surface area contributed by atoms with E-state index in [1.54, 1.807) is 0 Å². The third-order valence-corrected chi connectivity index (χ3v) is 3.32. The van der Waals surface area contributed by atoms with E-state index >= 15 is 0 Å². The Morgan fingerprint density at radius 1 is 0.750 bits per heavy atom. The second-order valence-electron chi connectivity index (χ2n) is 5.36. The quantitative estimate of drug-likeness (QED) is 0.318. The van der Waals surface area contributed by atoms with Gasteiger partial charge in [0.2, 0.25) is 0 Å². The molecule has 0 fully saturated rings. The maximum Gasteiger partial charge on any atom is 0.303 e. The molecule has 0 aliphatic heterocycles. The van der Waals surface area contributed by atoms with E-state index in [2.05, 4.69) is 31.2 Å². The first-order chi connectivity index (χ1) is 9.77. The molecule has 2 heteroatoms. The summed E-state index contributed by atoms with van der Waals surface area (Å²) in [5, 5.41) is 8.50. The van der Waals surface area contributed by atoms with Crippen LogP contribution in [0.5, 0.6) is 0 Å². The second kappa shape index (κ2) is 16.0. The molecular weight excluding hydrogens is 248 g/mol. The van der Waals surface area contributed by atoms with Gasteiger partial charge in [0.1, 0.15) is 0 Å². The highest BCUT2D eigenvalue weighted by atomic mass is 16.4. The molecule has 0 saturated carbocycles. The molecule has 20 heavy (non-hydrogen) atoms. The van der Waals surface area contributed by atoms with Crippen LogP contribution in [0.3, 0.4) is 0 Å². The zero-order valence-electron chi connectivity index (χ0n) is 13.2. The van der Waals surface area contributed by atoms with E-state index in [9.17, 15) is 4.79 Å². The predicted octanol–water partition coefficient (Wildman–Crippen LogP) is 5.88. The van der Waals surface area contributed by atoms with Crippen molar-refractivity contribution in [2.45, 2.75) is 84.0 Å². The van der Waals surface area contributed by atoms with Gasteiger partial charge in [0, 0.05) is 6.42 Å². The number of aliphatic carboxylic acids is 1. The minimum absolute atomic E-state index is 0.312. The summed E-state index contributed by atoms with van der Waals surface area (Å²) in [5.41, 5.74) is 0. The molecule has 0 aliphatic carbocycles. The first-order valence-electron chi connectivity index (χ1n) is 8.29. The molecule has 0 unspecified atom stereocenters. The normalized spacial score (nSPS) is 11.7. The van der Waals surface area contributed by atoms with Gasteiger partial charge < -0.3 is 5.11 Å². The average Bonchev–Trinajstić information content (AvgIpc) is 2.43. The fourth-order valence-electron chi connectivity index (χ4n) is 2.07. The van der Waals surface area contributed by atoms with Crippen LogP contribution < -0.4 is 0 Å². The van der Waals surface area contributed by atoms with Crippen molar-refractivity contribution >= 4 is 5.97 Å². The maximum absolute atomic E-state index is 10.3. The number of unbranched alkanes of at least 4 members (excludes halogenated alkanes) is 8. The number of rotatable bonds is 14. The molecule has 0 saturated heterocycles. The number of carbonyl (C=O) groups is 1. The molecule has 0 amide bonds. The van der Waals surface area contributed by atoms with E-state index in [1.165, 1.54) is 32.1 Å². The van der Waals surface area contributed by atoms with Crippen molar-refractivity contribution in [2.24, 2.45) is 0 Å². The van der Waals surface area contributed by atoms with Crippen LogP contribution in [0.2, 0.25) is 0 Å². The van der Waals surface area contributed by atoms with Crippen molar-refractivity contribution in [2.75, 3.05) is 0 Å². The Labute approximate surface area is 125 Å². The van der Waals surface area contributed by atoms with Crippen LogP contribution in [0.25, 0.3) is 0 Å². The standard InChI is InChI=1S/C18H32O2/c1-2-3-4-5-6-7-8-9-10-11-12-13-14-15-16-17-18(19)20/h7-8,11-12H,2-6,9-10,13-17H2,1H3,(H,19,20)/b8-7+,12-11+. The molecule has 1 N–H and O–H groups in total. The van der Waals surface area contributed by atoms with Crippen LogP contribution in [0, 0.1) is 0 Å². The number of carboxylic acid groups (broad SMARTS) is 1. The molecule has 2 nitrogen and oxygen atoms in total. The van der Waals surface area contributed by atoms with Crippen molar-refractivity contribution < 1.29 is 9.90 Å². The summed E-state index contributed by atoms with van der Waals surface area (Å²) in [5.74, 6) is -0.679. The lowest BCUT2D eigenvalue weighted by atomic mass is 10.1. The van der Waals surface area contributed by atoms with Gasteiger partial charge in [0.05, 0.1) is 0 Å². The van der Waals surface area contributed by atoms with Crippen molar-refractivity contribution in [1.82, 2.24) is 0 Å². The lowest BCUT2D eigenvalue weighted by Crippen LogP contribution is -1.93. The van der Waals surface area contributed by atoms with Gasteiger partial charge in [-0.1, -0.05) is 56.9 Å². The van der Waals surface area contributed by atoms with Crippen molar-refractivity contribution in [3.05, 3.63) is 24.3 Å². The van der Waals surface area contributed by atoms with E-state index in [1.807, 2.05) is 0 Å². The minimum Gasteiger partial charge on any atom is -0.481 e. The zero-order valence-corrected chi connectivity index (χ0v) is 13.2.